The molecule has 0 spiro atoms. The van der Waals surface area contributed by atoms with Gasteiger partial charge in [-0.2, -0.15) is 13.2 Å². The predicted octanol–water partition coefficient (Wildman–Crippen LogP) is 2.50. The maximum atomic E-state index is 13.3. The van der Waals surface area contributed by atoms with Crippen LogP contribution in [0.5, 0.6) is 0 Å². The van der Waals surface area contributed by atoms with Gasteiger partial charge in [0, 0.05) is 13.1 Å². The maximum absolute atomic E-state index is 13.3. The summed E-state index contributed by atoms with van der Waals surface area (Å²) >= 11 is 0. The van der Waals surface area contributed by atoms with Crippen molar-refractivity contribution in [2.75, 3.05) is 25.7 Å². The van der Waals surface area contributed by atoms with Crippen molar-refractivity contribution in [1.82, 2.24) is 10.1 Å². The Balaban J connectivity index is 2.05. The van der Waals surface area contributed by atoms with E-state index in [9.17, 15) is 13.2 Å². The predicted molar refractivity (Wildman–Crippen MR) is 67.2 cm³/mol. The number of alkyl halides is 3. The van der Waals surface area contributed by atoms with Crippen LogP contribution in [0.4, 0.5) is 18.9 Å². The molecule has 2 atom stereocenters. The number of nitrogens with zero attached hydrogens (tertiary/aromatic N) is 3. The van der Waals surface area contributed by atoms with Gasteiger partial charge in [0.15, 0.2) is 6.67 Å². The average molecular weight is 286 g/mol. The van der Waals surface area contributed by atoms with Crippen molar-refractivity contribution in [3.05, 3.63) is 36.0 Å². The number of hydroxylamine groups is 1. The summed E-state index contributed by atoms with van der Waals surface area (Å²) in [5.74, 6) is -1.47. The van der Waals surface area contributed by atoms with Gasteiger partial charge in [0.1, 0.15) is 0 Å². The molecule has 2 aliphatic heterocycles. The Morgan fingerprint density at radius 2 is 2.05 bits per heavy atom. The minimum absolute atomic E-state index is 0.0195. The zero-order chi connectivity index (χ0) is 14.5. The molecule has 1 aromatic carbocycles. The van der Waals surface area contributed by atoms with E-state index < -0.39 is 12.1 Å². The molecule has 0 bridgehead atoms. The van der Waals surface area contributed by atoms with Gasteiger partial charge in [-0.05, 0) is 24.2 Å². The summed E-state index contributed by atoms with van der Waals surface area (Å²) in [5.41, 5.74) is 1.61. The van der Waals surface area contributed by atoms with Crippen LogP contribution in [0.15, 0.2) is 18.2 Å². The van der Waals surface area contributed by atoms with Crippen LogP contribution in [0.3, 0.4) is 0 Å². The molecule has 2 unspecified atom stereocenters. The molecule has 0 N–H and O–H groups in total. The van der Waals surface area contributed by atoms with Gasteiger partial charge in [-0.1, -0.05) is 17.3 Å². The number of fused-ring (bicyclic) bond motifs is 1. The average Bonchev–Trinajstić information content (AvgIpc) is 3.15. The van der Waals surface area contributed by atoms with Crippen LogP contribution in [0.25, 0.3) is 0 Å². The van der Waals surface area contributed by atoms with E-state index in [2.05, 4.69) is 0 Å². The monoisotopic (exact) mass is 286 g/mol. The van der Waals surface area contributed by atoms with Gasteiger partial charge in [0.2, 0.25) is 0 Å². The first-order chi connectivity index (χ1) is 9.41. The van der Waals surface area contributed by atoms with Gasteiger partial charge in [0.05, 0.1) is 18.7 Å². The fourth-order valence-corrected chi connectivity index (χ4v) is 2.74. The van der Waals surface area contributed by atoms with Gasteiger partial charge < -0.3 is 4.90 Å². The van der Waals surface area contributed by atoms with E-state index >= 15 is 0 Å². The van der Waals surface area contributed by atoms with Crippen LogP contribution in [-0.4, -0.2) is 37.0 Å². The molecule has 1 aromatic rings. The third-order valence-electron chi connectivity index (χ3n) is 3.65. The molecule has 1 saturated heterocycles. The number of likely N-dealkylation sites (N-methyl/N-ethyl adjacent to an activating group) is 1. The van der Waals surface area contributed by atoms with Crippen LogP contribution in [0, 0.1) is 6.67 Å². The van der Waals surface area contributed by atoms with E-state index in [1.165, 1.54) is 12.3 Å². The second kappa shape index (κ2) is 4.61. The highest BCUT2D eigenvalue weighted by atomic mass is 19.4. The minimum atomic E-state index is -4.26. The Hall–Kier alpha value is -1.31. The molecule has 0 amide bonds. The summed E-state index contributed by atoms with van der Waals surface area (Å²) in [6, 6.07) is 5.23. The Labute approximate surface area is 115 Å². The second-order valence-electron chi connectivity index (χ2n) is 5.09. The molecular formula is C13H15F3N3O. The van der Waals surface area contributed by atoms with Crippen molar-refractivity contribution in [3.63, 3.8) is 0 Å². The molecule has 20 heavy (non-hydrogen) atoms. The minimum Gasteiger partial charge on any atom is -0.301 e. The third kappa shape index (κ3) is 2.25. The van der Waals surface area contributed by atoms with Gasteiger partial charge in [-0.15, -0.1) is 0 Å². The van der Waals surface area contributed by atoms with E-state index in [-0.39, 0.29) is 6.54 Å². The first-order valence-electron chi connectivity index (χ1n) is 6.26. The van der Waals surface area contributed by atoms with Crippen molar-refractivity contribution in [2.24, 2.45) is 0 Å². The van der Waals surface area contributed by atoms with Crippen molar-refractivity contribution >= 4 is 5.69 Å². The molecule has 1 radical (unpaired) electrons. The molecule has 1 fully saturated rings. The summed E-state index contributed by atoms with van der Waals surface area (Å²) in [4.78, 5) is 6.67. The second-order valence-corrected chi connectivity index (χ2v) is 5.09. The number of halogens is 3. The molecular weight excluding hydrogens is 271 g/mol. The molecule has 0 aliphatic carbocycles. The van der Waals surface area contributed by atoms with Crippen LogP contribution in [0.2, 0.25) is 0 Å². The lowest BCUT2D eigenvalue weighted by Crippen LogP contribution is -2.38. The van der Waals surface area contributed by atoms with Gasteiger partial charge in [-0.25, -0.2) is 0 Å². The van der Waals surface area contributed by atoms with Gasteiger partial charge in [0.25, 0.3) is 0 Å². The fraction of sp³-hybridized carbons (Fsp3) is 0.462. The standard InChI is InChI=1S/C13H15F3N3O/c1-17-6-9-4-3-5-11(18-8-19(18)20-2)12(9)10(7-17)13(14,15)16/h3-5,8,10H,6-7H2,1-2H3. The number of anilines is 1. The molecule has 109 valence electrons. The smallest absolute Gasteiger partial charge is 0.301 e. The van der Waals surface area contributed by atoms with Crippen molar-refractivity contribution < 1.29 is 18.0 Å². The number of hydrogen-bond acceptors (Lipinski definition) is 4. The van der Waals surface area contributed by atoms with Gasteiger partial charge >= 0.3 is 6.18 Å². The van der Waals surface area contributed by atoms with E-state index in [1.54, 1.807) is 41.8 Å². The van der Waals surface area contributed by atoms with E-state index in [0.29, 0.717) is 17.8 Å². The summed E-state index contributed by atoms with van der Waals surface area (Å²) in [6.45, 7) is 2.12. The topological polar surface area (TPSA) is 18.5 Å². The lowest BCUT2D eigenvalue weighted by atomic mass is 9.88. The van der Waals surface area contributed by atoms with Crippen LogP contribution in [0.1, 0.15) is 17.0 Å². The Kier molecular flexibility index (Phi) is 3.15. The Bertz CT molecular complexity index is 520. The summed E-state index contributed by atoms with van der Waals surface area (Å²) in [7, 11) is 3.18. The fourth-order valence-electron chi connectivity index (χ4n) is 2.74. The Morgan fingerprint density at radius 1 is 1.30 bits per heavy atom. The van der Waals surface area contributed by atoms with Crippen molar-refractivity contribution in [3.8, 4) is 0 Å². The molecule has 7 heteroatoms. The SMILES string of the molecule is CON1[CH]N1c1cccc2c1C(C(F)(F)F)CN(C)C2. The number of hydrogen-bond donors (Lipinski definition) is 0. The third-order valence-corrected chi connectivity index (χ3v) is 3.65. The molecule has 0 aromatic heterocycles. The molecule has 0 saturated carbocycles. The number of benzene rings is 1. The molecule has 2 aliphatic rings. The highest BCUT2D eigenvalue weighted by molar-refractivity contribution is 5.62. The maximum Gasteiger partial charge on any atom is 0.397 e. The van der Waals surface area contributed by atoms with Crippen LogP contribution >= 0.6 is 0 Å². The lowest BCUT2D eigenvalue weighted by Gasteiger charge is -2.34. The number of rotatable bonds is 2. The zero-order valence-electron chi connectivity index (χ0n) is 11.2. The van der Waals surface area contributed by atoms with Crippen molar-refractivity contribution in [1.29, 1.82) is 0 Å². The van der Waals surface area contributed by atoms with E-state index in [4.69, 9.17) is 4.84 Å². The highest BCUT2D eigenvalue weighted by Crippen LogP contribution is 2.46. The Morgan fingerprint density at radius 3 is 2.65 bits per heavy atom. The summed E-state index contributed by atoms with van der Waals surface area (Å²) in [6.07, 6.45) is -4.26. The first kappa shape index (κ1) is 13.7. The van der Waals surface area contributed by atoms with Crippen molar-refractivity contribution in [2.45, 2.75) is 18.6 Å². The highest BCUT2D eigenvalue weighted by Gasteiger charge is 2.47. The van der Waals surface area contributed by atoms with Crippen LogP contribution < -0.4 is 5.01 Å². The molecule has 3 rings (SSSR count). The summed E-state index contributed by atoms with van der Waals surface area (Å²) < 4.78 is 40.0. The normalized spacial score (nSPS) is 26.6. The first-order valence-corrected chi connectivity index (χ1v) is 6.26. The zero-order valence-corrected chi connectivity index (χ0v) is 11.2. The largest absolute Gasteiger partial charge is 0.397 e. The quantitative estimate of drug-likeness (QED) is 0.777. The lowest BCUT2D eigenvalue weighted by molar-refractivity contribution is -0.156. The number of hydrazine groups is 1. The molecule has 4 nitrogen and oxygen atoms in total. The van der Waals surface area contributed by atoms with Crippen LogP contribution in [-0.2, 0) is 11.4 Å². The van der Waals surface area contributed by atoms with E-state index in [0.717, 1.165) is 5.56 Å². The van der Waals surface area contributed by atoms with E-state index in [1.807, 2.05) is 0 Å². The summed E-state index contributed by atoms with van der Waals surface area (Å²) in [5, 5.41) is 2.99. The molecule has 2 heterocycles. The van der Waals surface area contributed by atoms with Gasteiger partial charge in [-0.3, -0.25) is 9.85 Å².